The molecule has 0 saturated carbocycles. The van der Waals surface area contributed by atoms with Crippen LogP contribution in [0.1, 0.15) is 36.8 Å². The Morgan fingerprint density at radius 3 is 2.64 bits per heavy atom. The Morgan fingerprint density at radius 2 is 1.92 bits per heavy atom. The third-order valence-electron chi connectivity index (χ3n) is 6.74. The standard InChI is InChI=1S/C29H31ClN6O3/c1-17-11-18(2)13-19(12-17)26-27(39-10-6-20-5-3-4-7-32-20)21-14-24(22(30)15-23(21)34-28(26)37)35-29(38)36-25-16-31-8-9-33-25/h8-9,11-16,20,32H,3-7,10H2,1-2H3,(H,34,37)(H2,33,35,36,38)/t20-/m0/s1. The lowest BCUT2D eigenvalue weighted by Crippen LogP contribution is -2.35. The number of hydrogen-bond donors (Lipinski definition) is 4. The number of fused-ring (bicyclic) bond motifs is 1. The first-order valence-electron chi connectivity index (χ1n) is 13.1. The summed E-state index contributed by atoms with van der Waals surface area (Å²) in [6.07, 6.45) is 8.75. The van der Waals surface area contributed by atoms with E-state index >= 15 is 0 Å². The molecular formula is C29H31ClN6O3. The smallest absolute Gasteiger partial charge is 0.324 e. The van der Waals surface area contributed by atoms with Crippen LogP contribution in [0.25, 0.3) is 22.0 Å². The average Bonchev–Trinajstić information content (AvgIpc) is 2.90. The molecule has 2 aromatic carbocycles. The molecule has 2 aromatic heterocycles. The molecule has 0 aliphatic carbocycles. The van der Waals surface area contributed by atoms with Crippen molar-refractivity contribution in [3.63, 3.8) is 0 Å². The predicted octanol–water partition coefficient (Wildman–Crippen LogP) is 5.81. The maximum Gasteiger partial charge on any atom is 0.324 e. The monoisotopic (exact) mass is 546 g/mol. The van der Waals surface area contributed by atoms with Gasteiger partial charge in [-0.2, -0.15) is 0 Å². The van der Waals surface area contributed by atoms with Crippen molar-refractivity contribution in [2.45, 2.75) is 45.6 Å². The number of anilines is 2. The van der Waals surface area contributed by atoms with Gasteiger partial charge >= 0.3 is 6.03 Å². The van der Waals surface area contributed by atoms with E-state index in [4.69, 9.17) is 16.3 Å². The van der Waals surface area contributed by atoms with Crippen molar-refractivity contribution in [1.82, 2.24) is 20.3 Å². The summed E-state index contributed by atoms with van der Waals surface area (Å²) in [6.45, 7) is 5.44. The van der Waals surface area contributed by atoms with Crippen molar-refractivity contribution in [1.29, 1.82) is 0 Å². The number of carbonyl (C=O) groups is 1. The minimum Gasteiger partial charge on any atom is -0.492 e. The van der Waals surface area contributed by atoms with Gasteiger partial charge in [0.2, 0.25) is 0 Å². The number of rotatable bonds is 7. The third-order valence-corrected chi connectivity index (χ3v) is 7.06. The van der Waals surface area contributed by atoms with Crippen LogP contribution in [0, 0.1) is 13.8 Å². The zero-order valence-corrected chi connectivity index (χ0v) is 22.7. The molecule has 39 heavy (non-hydrogen) atoms. The van der Waals surface area contributed by atoms with Gasteiger partial charge in [-0.05, 0) is 57.4 Å². The molecule has 202 valence electrons. The van der Waals surface area contributed by atoms with Crippen LogP contribution in [0.2, 0.25) is 5.02 Å². The Bertz CT molecular complexity index is 1530. The number of benzene rings is 2. The second-order valence-electron chi connectivity index (χ2n) is 9.87. The molecule has 1 aliphatic rings. The Balaban J connectivity index is 1.54. The van der Waals surface area contributed by atoms with Crippen LogP contribution in [0.3, 0.4) is 0 Å². The number of urea groups is 1. The summed E-state index contributed by atoms with van der Waals surface area (Å²) in [5.41, 5.74) is 3.92. The number of pyridine rings is 1. The third kappa shape index (κ3) is 6.38. The fourth-order valence-electron chi connectivity index (χ4n) is 5.02. The SMILES string of the molecule is Cc1cc(C)cc(-c2c(OCC[C@@H]3CCCCN3)c3cc(NC(=O)Nc4cnccn4)c(Cl)cc3[nH]c2=O)c1. The van der Waals surface area contributed by atoms with Crippen molar-refractivity contribution in [2.24, 2.45) is 0 Å². The maximum atomic E-state index is 13.4. The van der Waals surface area contributed by atoms with Crippen LogP contribution in [0.4, 0.5) is 16.3 Å². The Morgan fingerprint density at radius 1 is 1.10 bits per heavy atom. The molecule has 1 fully saturated rings. The van der Waals surface area contributed by atoms with Crippen molar-refractivity contribution >= 4 is 40.0 Å². The largest absolute Gasteiger partial charge is 0.492 e. The minimum absolute atomic E-state index is 0.268. The van der Waals surface area contributed by atoms with Gasteiger partial charge in [-0.15, -0.1) is 0 Å². The van der Waals surface area contributed by atoms with Gasteiger partial charge in [-0.3, -0.25) is 15.1 Å². The summed E-state index contributed by atoms with van der Waals surface area (Å²) >= 11 is 6.52. The van der Waals surface area contributed by atoms with E-state index in [0.717, 1.165) is 36.1 Å². The molecule has 5 rings (SSSR count). The predicted molar refractivity (Wildman–Crippen MR) is 155 cm³/mol. The van der Waals surface area contributed by atoms with E-state index in [9.17, 15) is 9.59 Å². The molecule has 1 saturated heterocycles. The van der Waals surface area contributed by atoms with E-state index in [2.05, 4.69) is 37.0 Å². The number of nitrogens with one attached hydrogen (secondary N) is 4. The van der Waals surface area contributed by atoms with Crippen molar-refractivity contribution in [2.75, 3.05) is 23.8 Å². The van der Waals surface area contributed by atoms with Gasteiger partial charge in [0, 0.05) is 23.8 Å². The lowest BCUT2D eigenvalue weighted by atomic mass is 9.99. The van der Waals surface area contributed by atoms with Crippen molar-refractivity contribution in [3.8, 4) is 16.9 Å². The first kappa shape index (κ1) is 26.6. The van der Waals surface area contributed by atoms with E-state index in [1.54, 1.807) is 12.1 Å². The van der Waals surface area contributed by atoms with Crippen LogP contribution in [-0.4, -0.2) is 40.2 Å². The van der Waals surface area contributed by atoms with E-state index in [-0.39, 0.29) is 10.6 Å². The number of H-pyrrole nitrogens is 1. The summed E-state index contributed by atoms with van der Waals surface area (Å²) in [5.74, 6) is 0.761. The van der Waals surface area contributed by atoms with Gasteiger partial charge in [-0.25, -0.2) is 9.78 Å². The Kier molecular flexibility index (Phi) is 8.09. The van der Waals surface area contributed by atoms with Crippen LogP contribution >= 0.6 is 11.6 Å². The molecule has 10 heteroatoms. The molecule has 9 nitrogen and oxygen atoms in total. The van der Waals surface area contributed by atoms with Crippen LogP contribution in [0.15, 0.2) is 53.7 Å². The first-order valence-corrected chi connectivity index (χ1v) is 13.4. The number of halogens is 1. The van der Waals surface area contributed by atoms with Crippen molar-refractivity contribution in [3.05, 3.63) is 75.4 Å². The zero-order chi connectivity index (χ0) is 27.4. The quantitative estimate of drug-likeness (QED) is 0.232. The molecule has 0 unspecified atom stereocenters. The van der Waals surface area contributed by atoms with Gasteiger partial charge < -0.3 is 20.4 Å². The number of aryl methyl sites for hydroxylation is 2. The normalized spacial score (nSPS) is 15.2. The van der Waals surface area contributed by atoms with Gasteiger partial charge in [0.1, 0.15) is 5.75 Å². The topological polar surface area (TPSA) is 121 Å². The fraction of sp³-hybridized carbons (Fsp3) is 0.310. The minimum atomic E-state index is -0.526. The average molecular weight is 547 g/mol. The summed E-state index contributed by atoms with van der Waals surface area (Å²) in [7, 11) is 0. The van der Waals surface area contributed by atoms with E-state index in [0.29, 0.717) is 46.4 Å². The van der Waals surface area contributed by atoms with Crippen LogP contribution < -0.4 is 26.2 Å². The highest BCUT2D eigenvalue weighted by molar-refractivity contribution is 6.34. The number of nitrogens with zero attached hydrogens (tertiary/aromatic N) is 2. The number of piperidine rings is 1. The fourth-order valence-corrected chi connectivity index (χ4v) is 5.23. The second kappa shape index (κ2) is 11.8. The van der Waals surface area contributed by atoms with Gasteiger partial charge in [0.25, 0.3) is 5.56 Å². The molecule has 4 aromatic rings. The number of hydrogen-bond acceptors (Lipinski definition) is 6. The summed E-state index contributed by atoms with van der Waals surface area (Å²) in [4.78, 5) is 37.1. The number of amides is 2. The molecular weight excluding hydrogens is 516 g/mol. The van der Waals surface area contributed by atoms with Gasteiger partial charge in [0.05, 0.1) is 34.6 Å². The Labute approximate surface area is 231 Å². The lowest BCUT2D eigenvalue weighted by molar-refractivity contribution is 0.262. The maximum absolute atomic E-state index is 13.4. The summed E-state index contributed by atoms with van der Waals surface area (Å²) < 4.78 is 6.41. The van der Waals surface area contributed by atoms with Gasteiger partial charge in [0.15, 0.2) is 5.82 Å². The highest BCUT2D eigenvalue weighted by atomic mass is 35.5. The highest BCUT2D eigenvalue weighted by Gasteiger charge is 2.20. The van der Waals surface area contributed by atoms with E-state index in [1.165, 1.54) is 31.4 Å². The highest BCUT2D eigenvalue weighted by Crippen LogP contribution is 2.38. The van der Waals surface area contributed by atoms with E-state index in [1.807, 2.05) is 26.0 Å². The van der Waals surface area contributed by atoms with Crippen LogP contribution in [-0.2, 0) is 0 Å². The zero-order valence-electron chi connectivity index (χ0n) is 21.9. The molecule has 2 amide bonds. The molecule has 3 heterocycles. The number of aromatic amines is 1. The number of ether oxygens (including phenoxy) is 1. The molecule has 0 bridgehead atoms. The molecule has 0 radical (unpaired) electrons. The first-order chi connectivity index (χ1) is 18.9. The molecule has 1 aliphatic heterocycles. The van der Waals surface area contributed by atoms with Crippen molar-refractivity contribution < 1.29 is 9.53 Å². The summed E-state index contributed by atoms with van der Waals surface area (Å²) in [5, 5.41) is 9.85. The number of aromatic nitrogens is 3. The Hall–Kier alpha value is -3.95. The van der Waals surface area contributed by atoms with E-state index < -0.39 is 6.03 Å². The lowest BCUT2D eigenvalue weighted by Gasteiger charge is -2.24. The van der Waals surface area contributed by atoms with Gasteiger partial charge in [-0.1, -0.05) is 47.3 Å². The number of carbonyl (C=O) groups excluding carboxylic acids is 1. The van der Waals surface area contributed by atoms with Crippen LogP contribution in [0.5, 0.6) is 5.75 Å². The molecule has 1 atom stereocenters. The molecule has 4 N–H and O–H groups in total. The molecule has 0 spiro atoms. The summed E-state index contributed by atoms with van der Waals surface area (Å²) in [6, 6.07) is 9.21. The second-order valence-corrected chi connectivity index (χ2v) is 10.3.